The first-order valence-corrected chi connectivity index (χ1v) is 12.8. The molecule has 0 bridgehead atoms. The molecule has 0 aromatic heterocycles. The zero-order valence-electron chi connectivity index (χ0n) is 17.6. The quantitative estimate of drug-likeness (QED) is 0.464. The molecule has 1 atom stereocenters. The largest absolute Gasteiger partial charge is 0.481 e. The molecule has 5 nitrogen and oxygen atoms in total. The van der Waals surface area contributed by atoms with E-state index < -0.39 is 16.0 Å². The number of carbonyl (C=O) groups is 1. The normalized spacial score (nSPS) is 16.5. The van der Waals surface area contributed by atoms with Crippen LogP contribution in [0, 0.1) is 5.92 Å². The van der Waals surface area contributed by atoms with Crippen LogP contribution in [-0.4, -0.2) is 19.5 Å². The molecule has 0 heterocycles. The van der Waals surface area contributed by atoms with Gasteiger partial charge in [0.1, 0.15) is 0 Å². The van der Waals surface area contributed by atoms with Crippen molar-refractivity contribution < 1.29 is 18.3 Å². The fourth-order valence-corrected chi connectivity index (χ4v) is 5.68. The highest BCUT2D eigenvalue weighted by molar-refractivity contribution is 7.89. The fourth-order valence-electron chi connectivity index (χ4n) is 4.27. The van der Waals surface area contributed by atoms with E-state index in [0.717, 1.165) is 36.8 Å². The standard InChI is InChI=1S/C24H30ClNO4S/c25-21-14-16-22(17-15-21)31(29,30)26-24(19-7-3-1-2-4-8-19)20-12-10-18(11-13-20)6-5-9-23(27)28/h10-17,19,24,26H,1-9H2,(H,27,28). The summed E-state index contributed by atoms with van der Waals surface area (Å²) in [5, 5.41) is 9.32. The Morgan fingerprint density at radius 3 is 2.19 bits per heavy atom. The van der Waals surface area contributed by atoms with Crippen molar-refractivity contribution in [2.45, 2.75) is 68.7 Å². The summed E-state index contributed by atoms with van der Waals surface area (Å²) >= 11 is 5.92. The lowest BCUT2D eigenvalue weighted by Gasteiger charge is -2.28. The highest BCUT2D eigenvalue weighted by atomic mass is 35.5. The smallest absolute Gasteiger partial charge is 0.303 e. The highest BCUT2D eigenvalue weighted by Gasteiger charge is 2.29. The van der Waals surface area contributed by atoms with Crippen LogP contribution in [0.5, 0.6) is 0 Å². The van der Waals surface area contributed by atoms with Gasteiger partial charge in [-0.25, -0.2) is 13.1 Å². The average Bonchev–Trinajstić information content (AvgIpc) is 3.02. The first-order chi connectivity index (χ1) is 14.8. The minimum absolute atomic E-state index is 0.146. The number of rotatable bonds is 9. The maximum Gasteiger partial charge on any atom is 0.303 e. The molecular formula is C24H30ClNO4S. The van der Waals surface area contributed by atoms with E-state index in [0.29, 0.717) is 17.9 Å². The molecule has 0 amide bonds. The van der Waals surface area contributed by atoms with Gasteiger partial charge in [-0.15, -0.1) is 0 Å². The Balaban J connectivity index is 1.82. The molecule has 1 fully saturated rings. The van der Waals surface area contributed by atoms with Crippen molar-refractivity contribution in [2.24, 2.45) is 5.92 Å². The van der Waals surface area contributed by atoms with Crippen molar-refractivity contribution in [2.75, 3.05) is 0 Å². The number of carboxylic acid groups (broad SMARTS) is 1. The molecule has 2 aromatic rings. The SMILES string of the molecule is O=C(O)CCCc1ccc(C(NS(=O)(=O)c2ccc(Cl)cc2)C2CCCCCC2)cc1. The van der Waals surface area contributed by atoms with Crippen LogP contribution in [0.15, 0.2) is 53.4 Å². The second kappa shape index (κ2) is 11.1. The van der Waals surface area contributed by atoms with Crippen molar-refractivity contribution in [3.8, 4) is 0 Å². The lowest BCUT2D eigenvalue weighted by Crippen LogP contribution is -2.33. The fraction of sp³-hybridized carbons (Fsp3) is 0.458. The molecular weight excluding hydrogens is 434 g/mol. The maximum absolute atomic E-state index is 13.1. The summed E-state index contributed by atoms with van der Waals surface area (Å²) < 4.78 is 29.2. The predicted molar refractivity (Wildman–Crippen MR) is 123 cm³/mol. The Morgan fingerprint density at radius 1 is 1.00 bits per heavy atom. The van der Waals surface area contributed by atoms with Gasteiger partial charge in [0.25, 0.3) is 0 Å². The Kier molecular flexibility index (Phi) is 8.52. The van der Waals surface area contributed by atoms with Crippen LogP contribution in [0.4, 0.5) is 0 Å². The van der Waals surface area contributed by atoms with Gasteiger partial charge in [0.2, 0.25) is 10.0 Å². The van der Waals surface area contributed by atoms with Gasteiger partial charge in [0, 0.05) is 17.5 Å². The number of sulfonamides is 1. The third-order valence-corrected chi connectivity index (χ3v) is 7.68. The van der Waals surface area contributed by atoms with Crippen molar-refractivity contribution >= 4 is 27.6 Å². The van der Waals surface area contributed by atoms with Crippen LogP contribution in [0.1, 0.15) is 68.5 Å². The summed E-state index contributed by atoms with van der Waals surface area (Å²) in [6.07, 6.45) is 8.01. The molecule has 3 rings (SSSR count). The number of nitrogens with one attached hydrogen (secondary N) is 1. The van der Waals surface area contributed by atoms with Gasteiger partial charge in [-0.1, -0.05) is 61.5 Å². The van der Waals surface area contributed by atoms with Gasteiger partial charge < -0.3 is 5.11 Å². The molecule has 7 heteroatoms. The van der Waals surface area contributed by atoms with E-state index in [1.807, 2.05) is 24.3 Å². The molecule has 2 N–H and O–H groups in total. The van der Waals surface area contributed by atoms with Crippen molar-refractivity contribution in [1.82, 2.24) is 4.72 Å². The summed E-state index contributed by atoms with van der Waals surface area (Å²) in [5.74, 6) is -0.552. The Morgan fingerprint density at radius 2 is 1.61 bits per heavy atom. The molecule has 0 aliphatic heterocycles. The zero-order chi connectivity index (χ0) is 22.3. The minimum atomic E-state index is -3.69. The average molecular weight is 464 g/mol. The third kappa shape index (κ3) is 7.06. The minimum Gasteiger partial charge on any atom is -0.481 e. The van der Waals surface area contributed by atoms with E-state index in [-0.39, 0.29) is 23.3 Å². The number of aliphatic carboxylic acids is 1. The molecule has 2 aromatic carbocycles. The number of hydrogen-bond donors (Lipinski definition) is 2. The molecule has 0 spiro atoms. The summed E-state index contributed by atoms with van der Waals surface area (Å²) in [6, 6.07) is 13.9. The van der Waals surface area contributed by atoms with E-state index in [4.69, 9.17) is 16.7 Å². The van der Waals surface area contributed by atoms with Crippen molar-refractivity contribution in [3.63, 3.8) is 0 Å². The summed E-state index contributed by atoms with van der Waals surface area (Å²) in [5.41, 5.74) is 2.01. The number of halogens is 1. The van der Waals surface area contributed by atoms with Gasteiger partial charge in [-0.2, -0.15) is 0 Å². The molecule has 168 valence electrons. The van der Waals surface area contributed by atoms with E-state index in [2.05, 4.69) is 4.72 Å². The third-order valence-electron chi connectivity index (χ3n) is 5.97. The Bertz CT molecular complexity index is 950. The summed E-state index contributed by atoms with van der Waals surface area (Å²) in [6.45, 7) is 0. The van der Waals surface area contributed by atoms with Gasteiger partial charge in [-0.05, 0) is 67.0 Å². The Hall–Kier alpha value is -1.89. The number of carboxylic acids is 1. The monoisotopic (exact) mass is 463 g/mol. The molecule has 31 heavy (non-hydrogen) atoms. The molecule has 1 aliphatic rings. The van der Waals surface area contributed by atoms with Gasteiger partial charge >= 0.3 is 5.97 Å². The van der Waals surface area contributed by atoms with Crippen molar-refractivity contribution in [1.29, 1.82) is 0 Å². The number of benzene rings is 2. The lowest BCUT2D eigenvalue weighted by molar-refractivity contribution is -0.137. The lowest BCUT2D eigenvalue weighted by atomic mass is 9.87. The second-order valence-electron chi connectivity index (χ2n) is 8.29. The van der Waals surface area contributed by atoms with Crippen LogP contribution in [-0.2, 0) is 21.2 Å². The van der Waals surface area contributed by atoms with Crippen LogP contribution in [0.2, 0.25) is 5.02 Å². The topological polar surface area (TPSA) is 83.5 Å². The maximum atomic E-state index is 13.1. The van der Waals surface area contributed by atoms with E-state index in [9.17, 15) is 13.2 Å². The summed E-state index contributed by atoms with van der Waals surface area (Å²) in [4.78, 5) is 10.9. The first-order valence-electron chi connectivity index (χ1n) is 10.9. The van der Waals surface area contributed by atoms with Crippen LogP contribution >= 0.6 is 11.6 Å². The van der Waals surface area contributed by atoms with Crippen LogP contribution in [0.3, 0.4) is 0 Å². The van der Waals surface area contributed by atoms with Gasteiger partial charge in [-0.3, -0.25) is 4.79 Å². The highest BCUT2D eigenvalue weighted by Crippen LogP contribution is 2.35. The summed E-state index contributed by atoms with van der Waals surface area (Å²) in [7, 11) is -3.69. The molecule has 1 unspecified atom stereocenters. The molecule has 0 radical (unpaired) electrons. The molecule has 1 saturated carbocycles. The second-order valence-corrected chi connectivity index (χ2v) is 10.4. The van der Waals surface area contributed by atoms with Crippen LogP contribution in [0.25, 0.3) is 0 Å². The van der Waals surface area contributed by atoms with Gasteiger partial charge in [0.15, 0.2) is 0 Å². The predicted octanol–water partition coefficient (Wildman–Crippen LogP) is 5.74. The van der Waals surface area contributed by atoms with E-state index >= 15 is 0 Å². The first kappa shape index (κ1) is 23.8. The van der Waals surface area contributed by atoms with Gasteiger partial charge in [0.05, 0.1) is 4.90 Å². The van der Waals surface area contributed by atoms with Crippen LogP contribution < -0.4 is 4.72 Å². The molecule has 1 aliphatic carbocycles. The van der Waals surface area contributed by atoms with Crippen molar-refractivity contribution in [3.05, 3.63) is 64.7 Å². The Labute approximate surface area is 189 Å². The molecule has 0 saturated heterocycles. The number of hydrogen-bond acceptors (Lipinski definition) is 3. The number of aryl methyl sites for hydroxylation is 1. The zero-order valence-corrected chi connectivity index (χ0v) is 19.2. The van der Waals surface area contributed by atoms with E-state index in [1.54, 1.807) is 12.1 Å². The van der Waals surface area contributed by atoms with E-state index in [1.165, 1.54) is 25.0 Å².